The van der Waals surface area contributed by atoms with Crippen LogP contribution in [-0.4, -0.2) is 137 Å². The first-order valence-electron chi connectivity index (χ1n) is 18.5. The molecule has 13 heteroatoms. The number of piperazine rings is 1. The second-order valence-electron chi connectivity index (χ2n) is 12.6. The van der Waals surface area contributed by atoms with Gasteiger partial charge in [-0.1, -0.05) is 40.5 Å². The van der Waals surface area contributed by atoms with Crippen molar-refractivity contribution in [2.75, 3.05) is 85.7 Å². The van der Waals surface area contributed by atoms with Crippen molar-refractivity contribution in [2.45, 2.75) is 117 Å². The predicted octanol–water partition coefficient (Wildman–Crippen LogP) is 4.57. The standard InChI is InChI=1S/C35H67N5O8/c1-6-14-30(8-3)47-34(43)36-18-10-12-28-45-32(41)16-20-39(26-27-40-24-22-38(5)23-25-40)21-17-33(42)46-29-13-11-19-37-35(44)48-31(9-4)15-7-2/h30-31H,6-29H2,1-5H3,(H,36,43)(H,37,44). The first kappa shape index (κ1) is 43.4. The Hall–Kier alpha value is -2.64. The molecule has 0 aromatic heterocycles. The molecule has 0 aromatic carbocycles. The van der Waals surface area contributed by atoms with Crippen molar-refractivity contribution in [3.05, 3.63) is 0 Å². The molecule has 1 fully saturated rings. The van der Waals surface area contributed by atoms with E-state index in [0.29, 0.717) is 65.1 Å². The zero-order valence-electron chi connectivity index (χ0n) is 30.7. The maximum absolute atomic E-state index is 12.5. The van der Waals surface area contributed by atoms with Crippen LogP contribution in [0.2, 0.25) is 0 Å². The molecule has 2 N–H and O–H groups in total. The summed E-state index contributed by atoms with van der Waals surface area (Å²) >= 11 is 0. The molecule has 1 rings (SSSR count). The number of ether oxygens (including phenoxy) is 4. The van der Waals surface area contributed by atoms with E-state index in [2.05, 4.69) is 46.2 Å². The molecular formula is C35H67N5O8. The Morgan fingerprint density at radius 1 is 0.667 bits per heavy atom. The van der Waals surface area contributed by atoms with Crippen molar-refractivity contribution in [2.24, 2.45) is 0 Å². The Labute approximate surface area is 290 Å². The van der Waals surface area contributed by atoms with Gasteiger partial charge >= 0.3 is 24.1 Å². The molecule has 13 nitrogen and oxygen atoms in total. The maximum Gasteiger partial charge on any atom is 0.407 e. The van der Waals surface area contributed by atoms with Gasteiger partial charge in [0.1, 0.15) is 12.2 Å². The van der Waals surface area contributed by atoms with Crippen LogP contribution in [-0.2, 0) is 28.5 Å². The van der Waals surface area contributed by atoms with Crippen LogP contribution in [0, 0.1) is 0 Å². The summed E-state index contributed by atoms with van der Waals surface area (Å²) in [5.74, 6) is -0.541. The highest BCUT2D eigenvalue weighted by molar-refractivity contribution is 5.70. The smallest absolute Gasteiger partial charge is 0.407 e. The van der Waals surface area contributed by atoms with E-state index in [9.17, 15) is 19.2 Å². The molecule has 0 saturated carbocycles. The van der Waals surface area contributed by atoms with Gasteiger partial charge in [-0.3, -0.25) is 14.5 Å². The number of hydrogen-bond donors (Lipinski definition) is 2. The number of nitrogens with one attached hydrogen (secondary N) is 2. The molecule has 1 heterocycles. The second-order valence-corrected chi connectivity index (χ2v) is 12.6. The molecule has 2 atom stereocenters. The van der Waals surface area contributed by atoms with Gasteiger partial charge in [0.15, 0.2) is 0 Å². The second kappa shape index (κ2) is 28.2. The van der Waals surface area contributed by atoms with Crippen molar-refractivity contribution in [1.82, 2.24) is 25.3 Å². The molecule has 280 valence electrons. The summed E-state index contributed by atoms with van der Waals surface area (Å²) in [5, 5.41) is 5.53. The Bertz CT molecular complexity index is 816. The van der Waals surface area contributed by atoms with E-state index in [0.717, 1.165) is 77.8 Å². The molecule has 1 aliphatic heterocycles. The largest absolute Gasteiger partial charge is 0.466 e. The number of alkyl carbamates (subject to hydrolysis) is 2. The van der Waals surface area contributed by atoms with Gasteiger partial charge in [0.2, 0.25) is 0 Å². The highest BCUT2D eigenvalue weighted by atomic mass is 16.6. The minimum Gasteiger partial charge on any atom is -0.466 e. The number of carbonyl (C=O) groups is 4. The minimum atomic E-state index is -0.396. The summed E-state index contributed by atoms with van der Waals surface area (Å²) in [4.78, 5) is 55.7. The number of esters is 2. The van der Waals surface area contributed by atoms with Crippen LogP contribution in [0.4, 0.5) is 9.59 Å². The average Bonchev–Trinajstić information content (AvgIpc) is 3.07. The molecule has 2 amide bonds. The first-order chi connectivity index (χ1) is 23.2. The van der Waals surface area contributed by atoms with Crippen LogP contribution < -0.4 is 10.6 Å². The van der Waals surface area contributed by atoms with Crippen LogP contribution in [0.15, 0.2) is 0 Å². The molecular weight excluding hydrogens is 618 g/mol. The number of amides is 2. The van der Waals surface area contributed by atoms with Crippen LogP contribution in [0.3, 0.4) is 0 Å². The maximum atomic E-state index is 12.5. The summed E-state index contributed by atoms with van der Waals surface area (Å²) < 4.78 is 21.7. The lowest BCUT2D eigenvalue weighted by atomic mass is 10.2. The summed E-state index contributed by atoms with van der Waals surface area (Å²) in [5.41, 5.74) is 0. The van der Waals surface area contributed by atoms with Gasteiger partial charge < -0.3 is 39.4 Å². The lowest BCUT2D eigenvalue weighted by Gasteiger charge is -2.34. The van der Waals surface area contributed by atoms with E-state index in [4.69, 9.17) is 18.9 Å². The van der Waals surface area contributed by atoms with Crippen molar-refractivity contribution in [3.8, 4) is 0 Å². The molecule has 0 bridgehead atoms. The van der Waals surface area contributed by atoms with Gasteiger partial charge in [0.25, 0.3) is 0 Å². The van der Waals surface area contributed by atoms with Gasteiger partial charge in [-0.2, -0.15) is 0 Å². The number of rotatable bonds is 27. The summed E-state index contributed by atoms with van der Waals surface area (Å²) in [6.07, 6.45) is 7.51. The van der Waals surface area contributed by atoms with E-state index in [1.165, 1.54) is 0 Å². The number of hydrogen-bond acceptors (Lipinski definition) is 11. The third kappa shape index (κ3) is 22.8. The Kier molecular flexibility index (Phi) is 25.5. The fraction of sp³-hybridized carbons (Fsp3) is 0.886. The molecule has 0 aromatic rings. The van der Waals surface area contributed by atoms with E-state index in [1.807, 2.05) is 13.8 Å². The molecule has 0 aliphatic carbocycles. The van der Waals surface area contributed by atoms with Crippen LogP contribution in [0.5, 0.6) is 0 Å². The van der Waals surface area contributed by atoms with E-state index >= 15 is 0 Å². The summed E-state index contributed by atoms with van der Waals surface area (Å²) in [6, 6.07) is 0. The molecule has 2 unspecified atom stereocenters. The van der Waals surface area contributed by atoms with Crippen molar-refractivity contribution in [3.63, 3.8) is 0 Å². The highest BCUT2D eigenvalue weighted by Crippen LogP contribution is 2.08. The normalized spacial score (nSPS) is 15.0. The van der Waals surface area contributed by atoms with Gasteiger partial charge in [-0.05, 0) is 58.4 Å². The molecule has 48 heavy (non-hydrogen) atoms. The van der Waals surface area contributed by atoms with Gasteiger partial charge in [-0.25, -0.2) is 9.59 Å². The predicted molar refractivity (Wildman–Crippen MR) is 187 cm³/mol. The fourth-order valence-electron chi connectivity index (χ4n) is 5.26. The Balaban J connectivity index is 2.32. The van der Waals surface area contributed by atoms with Gasteiger partial charge in [-0.15, -0.1) is 0 Å². The Morgan fingerprint density at radius 2 is 1.12 bits per heavy atom. The van der Waals surface area contributed by atoms with E-state index in [-0.39, 0.29) is 37.0 Å². The topological polar surface area (TPSA) is 139 Å². The molecule has 1 aliphatic rings. The summed E-state index contributed by atoms with van der Waals surface area (Å²) in [7, 11) is 2.13. The number of nitrogens with zero attached hydrogens (tertiary/aromatic N) is 3. The first-order valence-corrected chi connectivity index (χ1v) is 18.5. The van der Waals surface area contributed by atoms with Gasteiger partial charge in [0.05, 0.1) is 26.1 Å². The number of likely N-dealkylation sites (N-methyl/N-ethyl adjacent to an activating group) is 1. The monoisotopic (exact) mass is 685 g/mol. The Morgan fingerprint density at radius 3 is 1.54 bits per heavy atom. The summed E-state index contributed by atoms with van der Waals surface area (Å²) in [6.45, 7) is 16.4. The van der Waals surface area contributed by atoms with E-state index in [1.54, 1.807) is 0 Å². The van der Waals surface area contributed by atoms with Crippen LogP contribution in [0.1, 0.15) is 105 Å². The van der Waals surface area contributed by atoms with Gasteiger partial charge in [0, 0.05) is 65.4 Å². The van der Waals surface area contributed by atoms with Crippen molar-refractivity contribution in [1.29, 1.82) is 0 Å². The van der Waals surface area contributed by atoms with E-state index < -0.39 is 12.2 Å². The zero-order chi connectivity index (χ0) is 35.4. The number of carbonyl (C=O) groups excluding carboxylic acids is 4. The third-order valence-corrected chi connectivity index (χ3v) is 8.48. The third-order valence-electron chi connectivity index (χ3n) is 8.48. The highest BCUT2D eigenvalue weighted by Gasteiger charge is 2.17. The lowest BCUT2D eigenvalue weighted by molar-refractivity contribution is -0.144. The SMILES string of the molecule is CCCC(CC)OC(=O)NCCCCOC(=O)CCN(CCC(=O)OCCCCNC(=O)OC(CC)CCC)CCN1CCN(C)CC1. The molecule has 0 spiro atoms. The van der Waals surface area contributed by atoms with Crippen molar-refractivity contribution >= 4 is 24.1 Å². The van der Waals surface area contributed by atoms with Crippen molar-refractivity contribution < 1.29 is 38.1 Å². The molecule has 0 radical (unpaired) electrons. The quantitative estimate of drug-likeness (QED) is 0.0714. The molecule has 1 saturated heterocycles. The van der Waals surface area contributed by atoms with Crippen LogP contribution >= 0.6 is 0 Å². The minimum absolute atomic E-state index is 0.0515. The lowest BCUT2D eigenvalue weighted by Crippen LogP contribution is -2.47. The zero-order valence-corrected chi connectivity index (χ0v) is 30.7. The number of unbranched alkanes of at least 4 members (excludes halogenated alkanes) is 2. The van der Waals surface area contributed by atoms with Crippen LogP contribution in [0.25, 0.3) is 0 Å². The fourth-order valence-corrected chi connectivity index (χ4v) is 5.26. The average molecular weight is 686 g/mol.